The molecule has 3 aromatic carbocycles. The van der Waals surface area contributed by atoms with Crippen molar-refractivity contribution in [1.82, 2.24) is 51.8 Å². The normalized spacial score (nSPS) is 14.3. The van der Waals surface area contributed by atoms with Gasteiger partial charge in [0.25, 0.3) is 0 Å². The predicted molar refractivity (Wildman–Crippen MR) is 264 cm³/mol. The Balaban J connectivity index is 1.26. The summed E-state index contributed by atoms with van der Waals surface area (Å²) in [6.07, 6.45) is 6.04. The van der Waals surface area contributed by atoms with Crippen molar-refractivity contribution >= 4 is 63.2 Å². The number of nitrogens with zero attached hydrogens (tertiary/aromatic N) is 1. The lowest BCUT2D eigenvalue weighted by Gasteiger charge is -2.27. The van der Waals surface area contributed by atoms with Gasteiger partial charge in [0.15, 0.2) is 0 Å². The van der Waals surface area contributed by atoms with Gasteiger partial charge in [-0.15, -0.1) is 0 Å². The average Bonchev–Trinajstić information content (AvgIpc) is 4.09. The molecule has 370 valence electrons. The van der Waals surface area contributed by atoms with Crippen molar-refractivity contribution in [2.75, 3.05) is 6.54 Å². The van der Waals surface area contributed by atoms with E-state index in [1.165, 1.54) is 26.4 Å². The number of aryl methyl sites for hydroxylation is 1. The van der Waals surface area contributed by atoms with Crippen LogP contribution in [0.2, 0.25) is 0 Å². The van der Waals surface area contributed by atoms with Gasteiger partial charge in [0.1, 0.15) is 36.3 Å². The molecule has 0 saturated carbocycles. The highest BCUT2D eigenvalue weighted by Crippen LogP contribution is 2.24. The van der Waals surface area contributed by atoms with Crippen molar-refractivity contribution in [3.63, 3.8) is 0 Å². The van der Waals surface area contributed by atoms with Crippen LogP contribution in [0.1, 0.15) is 61.2 Å². The molecular formula is C50H63N13O7. The van der Waals surface area contributed by atoms with Gasteiger partial charge in [-0.1, -0.05) is 66.7 Å². The fourth-order valence-corrected chi connectivity index (χ4v) is 8.20. The van der Waals surface area contributed by atoms with Crippen LogP contribution >= 0.6 is 0 Å². The highest BCUT2D eigenvalue weighted by Gasteiger charge is 2.34. The van der Waals surface area contributed by atoms with Crippen LogP contribution in [0.15, 0.2) is 97.6 Å². The Kier molecular flexibility index (Phi) is 18.0. The number of amides is 7. The Morgan fingerprint density at radius 2 is 1.16 bits per heavy atom. The van der Waals surface area contributed by atoms with Crippen LogP contribution in [-0.4, -0.2) is 110 Å². The third kappa shape index (κ3) is 13.9. The number of aromatic nitrogens is 4. The Bertz CT molecular complexity index is 2750. The number of rotatable bonds is 25. The summed E-state index contributed by atoms with van der Waals surface area (Å²) in [6, 6.07) is 15.7. The molecule has 0 aliphatic carbocycles. The number of H-pyrrole nitrogens is 3. The molecule has 7 amide bonds. The van der Waals surface area contributed by atoms with E-state index in [0.717, 1.165) is 33.1 Å². The van der Waals surface area contributed by atoms with Crippen LogP contribution in [0.4, 0.5) is 0 Å². The molecule has 0 aliphatic rings. The van der Waals surface area contributed by atoms with E-state index in [2.05, 4.69) is 51.8 Å². The third-order valence-corrected chi connectivity index (χ3v) is 12.1. The Morgan fingerprint density at radius 1 is 0.600 bits per heavy atom. The molecule has 15 N–H and O–H groups in total. The van der Waals surface area contributed by atoms with Gasteiger partial charge in [0.2, 0.25) is 41.4 Å². The summed E-state index contributed by atoms with van der Waals surface area (Å²) >= 11 is 0. The first-order chi connectivity index (χ1) is 33.6. The summed E-state index contributed by atoms with van der Waals surface area (Å²) in [5.41, 5.74) is 22.2. The fourth-order valence-electron chi connectivity index (χ4n) is 8.20. The quantitative estimate of drug-likeness (QED) is 0.0359. The first-order valence-corrected chi connectivity index (χ1v) is 23.3. The predicted octanol–water partition coefficient (Wildman–Crippen LogP) is 0.842. The van der Waals surface area contributed by atoms with Crippen molar-refractivity contribution in [3.05, 3.63) is 126 Å². The second kappa shape index (κ2) is 24.4. The van der Waals surface area contributed by atoms with Crippen LogP contribution in [0.25, 0.3) is 21.8 Å². The highest BCUT2D eigenvalue weighted by atomic mass is 16.2. The lowest BCUT2D eigenvalue weighted by molar-refractivity contribution is -0.135. The Labute approximate surface area is 404 Å². The van der Waals surface area contributed by atoms with Crippen molar-refractivity contribution in [2.45, 2.75) is 108 Å². The number of hydrogen-bond donors (Lipinski definition) is 12. The number of para-hydroxylation sites is 2. The maximum absolute atomic E-state index is 14.6. The van der Waals surface area contributed by atoms with E-state index in [4.69, 9.17) is 17.2 Å². The molecule has 0 bridgehead atoms. The fraction of sp³-hybridized carbons (Fsp3) is 0.360. The zero-order valence-corrected chi connectivity index (χ0v) is 39.5. The number of carbonyl (C=O) groups excluding carboxylic acids is 7. The van der Waals surface area contributed by atoms with Crippen molar-refractivity contribution in [2.24, 2.45) is 17.2 Å². The van der Waals surface area contributed by atoms with Crippen LogP contribution in [0, 0.1) is 6.92 Å². The van der Waals surface area contributed by atoms with Gasteiger partial charge in [-0.05, 0) is 75.4 Å². The number of unbranched alkanes of at least 4 members (excludes halogenated alkanes) is 1. The van der Waals surface area contributed by atoms with Crippen LogP contribution in [0.5, 0.6) is 0 Å². The summed E-state index contributed by atoms with van der Waals surface area (Å²) in [5.74, 6) is -4.88. The summed E-state index contributed by atoms with van der Waals surface area (Å²) in [6.45, 7) is 5.15. The summed E-state index contributed by atoms with van der Waals surface area (Å²) in [4.78, 5) is 110. The lowest BCUT2D eigenvalue weighted by Crippen LogP contribution is -2.60. The van der Waals surface area contributed by atoms with E-state index in [1.54, 1.807) is 30.5 Å². The van der Waals surface area contributed by atoms with Crippen molar-refractivity contribution in [1.29, 1.82) is 0 Å². The number of aromatic amines is 3. The molecule has 3 heterocycles. The minimum Gasteiger partial charge on any atom is -0.368 e. The molecule has 0 radical (unpaired) electrons. The zero-order chi connectivity index (χ0) is 50.3. The number of nitrogens with one attached hydrogen (secondary N) is 9. The topological polar surface area (TPSA) is 330 Å². The van der Waals surface area contributed by atoms with Gasteiger partial charge in [-0.2, -0.15) is 0 Å². The zero-order valence-electron chi connectivity index (χ0n) is 39.5. The molecule has 0 fully saturated rings. The molecule has 7 atom stereocenters. The monoisotopic (exact) mass is 957 g/mol. The van der Waals surface area contributed by atoms with E-state index in [9.17, 15) is 33.6 Å². The number of primary amides is 1. The van der Waals surface area contributed by atoms with Crippen LogP contribution < -0.4 is 49.1 Å². The first-order valence-electron chi connectivity index (χ1n) is 23.3. The number of hydrogen-bond acceptors (Lipinski definition) is 10. The van der Waals surface area contributed by atoms with Gasteiger partial charge in [0, 0.05) is 71.3 Å². The first kappa shape index (κ1) is 51.5. The van der Waals surface area contributed by atoms with Gasteiger partial charge in [-0.3, -0.25) is 33.6 Å². The van der Waals surface area contributed by atoms with E-state index in [1.807, 2.05) is 61.5 Å². The van der Waals surface area contributed by atoms with Gasteiger partial charge >= 0.3 is 0 Å². The Hall–Kier alpha value is -7.84. The smallest absolute Gasteiger partial charge is 0.243 e. The molecule has 0 aliphatic heterocycles. The van der Waals surface area contributed by atoms with Gasteiger partial charge < -0.3 is 64.1 Å². The second-order valence-electron chi connectivity index (χ2n) is 17.5. The highest BCUT2D eigenvalue weighted by molar-refractivity contribution is 5.98. The maximum Gasteiger partial charge on any atom is 0.243 e. The summed E-state index contributed by atoms with van der Waals surface area (Å²) < 4.78 is 0. The summed E-state index contributed by atoms with van der Waals surface area (Å²) in [5, 5.41) is 18.2. The van der Waals surface area contributed by atoms with Gasteiger partial charge in [0.05, 0.1) is 12.4 Å². The number of benzene rings is 3. The maximum atomic E-state index is 14.6. The molecule has 0 unspecified atom stereocenters. The van der Waals surface area contributed by atoms with Crippen molar-refractivity contribution in [3.8, 4) is 0 Å². The number of imidazole rings is 1. The number of carbonyl (C=O) groups is 7. The summed E-state index contributed by atoms with van der Waals surface area (Å²) in [7, 11) is 0. The average molecular weight is 958 g/mol. The molecule has 70 heavy (non-hydrogen) atoms. The molecule has 20 heteroatoms. The molecule has 3 aromatic heterocycles. The minimum absolute atomic E-state index is 0.00216. The van der Waals surface area contributed by atoms with Crippen LogP contribution in [0.3, 0.4) is 0 Å². The van der Waals surface area contributed by atoms with E-state index in [0.29, 0.717) is 36.2 Å². The standard InChI is InChI=1S/C50H63N13O7/c1-28(52)45(65)60-42(23-33-26-54-27-56-33)50(70)63-43(24-36-29(2)57-38-18-10-8-16-35(36)38)47(67)58-30(3)46(66)61-41(22-32-25-55-37-17-9-7-15-34(32)37)49(69)62-40(21-31-13-5-4-6-14-31)48(68)59-39(44(53)64)19-11-12-20-51/h4-10,13-18,25-28,30,39-43,55,57H,11-12,19-24,51-52H2,1-3H3,(H2,53,64)(H,54,56)(H,58,67)(H,59,68)(H,60,65)(H,61,66)(H,62,69)(H,63,70)/t28-,30-,39-,40+,41-,42-,43+/m1/s1. The molecule has 20 nitrogen and oxygen atoms in total. The molecule has 0 spiro atoms. The molecule has 6 aromatic rings. The number of nitrogens with two attached hydrogens (primary N) is 3. The van der Waals surface area contributed by atoms with Crippen LogP contribution in [-0.2, 0) is 59.2 Å². The molecule has 6 rings (SSSR count). The third-order valence-electron chi connectivity index (χ3n) is 12.1. The van der Waals surface area contributed by atoms with Gasteiger partial charge in [-0.25, -0.2) is 4.98 Å². The minimum atomic E-state index is -1.30. The van der Waals surface area contributed by atoms with E-state index in [-0.39, 0.29) is 32.1 Å². The number of fused-ring (bicyclic) bond motifs is 2. The van der Waals surface area contributed by atoms with Crippen molar-refractivity contribution < 1.29 is 33.6 Å². The second-order valence-corrected chi connectivity index (χ2v) is 17.5. The Morgan fingerprint density at radius 3 is 1.80 bits per heavy atom. The molecular weight excluding hydrogens is 895 g/mol. The van der Waals surface area contributed by atoms with E-state index >= 15 is 0 Å². The SMILES string of the molecule is Cc1[nH]c2ccccc2c1C[C@H](NC(=O)[C@@H](Cc1cnc[nH]1)NC(=O)[C@@H](C)N)C(=O)N[C@H](C)C(=O)N[C@H](Cc1c[nH]c2ccccc12)C(=O)N[C@@H](Cc1ccccc1)C(=O)N[C@H](CCCCN)C(N)=O. The largest absolute Gasteiger partial charge is 0.368 e. The van der Waals surface area contributed by atoms with E-state index < -0.39 is 83.6 Å². The lowest BCUT2D eigenvalue weighted by atomic mass is 10.0. The molecule has 0 saturated heterocycles.